The molecule has 0 radical (unpaired) electrons. The van der Waals surface area contributed by atoms with E-state index in [1.165, 1.54) is 5.56 Å². The molecule has 1 fully saturated rings. The lowest BCUT2D eigenvalue weighted by atomic mass is 9.96. The molecule has 2 amide bonds. The van der Waals surface area contributed by atoms with Crippen molar-refractivity contribution in [1.29, 1.82) is 0 Å². The Morgan fingerprint density at radius 1 is 1.15 bits per heavy atom. The summed E-state index contributed by atoms with van der Waals surface area (Å²) in [5.74, 6) is 0.526. The lowest BCUT2D eigenvalue weighted by molar-refractivity contribution is -0.120. The molecule has 1 saturated heterocycles. The molecule has 0 saturated carbocycles. The van der Waals surface area contributed by atoms with Gasteiger partial charge < -0.3 is 10.2 Å². The fraction of sp³-hybridized carbons (Fsp3) is 0.381. The Hall–Kier alpha value is -2.69. The van der Waals surface area contributed by atoms with Crippen LogP contribution in [-0.4, -0.2) is 41.3 Å². The van der Waals surface area contributed by atoms with E-state index < -0.39 is 0 Å². The van der Waals surface area contributed by atoms with E-state index in [1.807, 2.05) is 36.1 Å². The van der Waals surface area contributed by atoms with E-state index in [-0.39, 0.29) is 11.8 Å². The number of likely N-dealkylation sites (tertiary alicyclic amines) is 1. The average Bonchev–Trinajstić information content (AvgIpc) is 2.69. The van der Waals surface area contributed by atoms with Gasteiger partial charge >= 0.3 is 0 Å². The Morgan fingerprint density at radius 3 is 2.54 bits per heavy atom. The van der Waals surface area contributed by atoms with Gasteiger partial charge in [-0.2, -0.15) is 0 Å². The molecule has 5 heteroatoms. The van der Waals surface area contributed by atoms with Gasteiger partial charge in [-0.25, -0.2) is 0 Å². The van der Waals surface area contributed by atoms with Gasteiger partial charge in [-0.3, -0.25) is 14.6 Å². The fourth-order valence-corrected chi connectivity index (χ4v) is 3.22. The van der Waals surface area contributed by atoms with Crippen LogP contribution in [0.2, 0.25) is 0 Å². The zero-order chi connectivity index (χ0) is 18.4. The number of hydrogen-bond donors (Lipinski definition) is 1. The average molecular weight is 351 g/mol. The summed E-state index contributed by atoms with van der Waals surface area (Å²) in [4.78, 5) is 30.4. The van der Waals surface area contributed by atoms with Crippen LogP contribution in [0.5, 0.6) is 0 Å². The molecule has 1 N–H and O–H groups in total. The third-order valence-electron chi connectivity index (χ3n) is 4.88. The van der Waals surface area contributed by atoms with Gasteiger partial charge in [0.2, 0.25) is 5.91 Å². The fourth-order valence-electron chi connectivity index (χ4n) is 3.22. The molecule has 1 aromatic carbocycles. The van der Waals surface area contributed by atoms with Gasteiger partial charge in [-0.05, 0) is 43.4 Å². The Labute approximate surface area is 154 Å². The first-order valence-electron chi connectivity index (χ1n) is 9.13. The van der Waals surface area contributed by atoms with Crippen molar-refractivity contribution in [3.05, 3.63) is 65.5 Å². The largest absolute Gasteiger partial charge is 0.356 e. The van der Waals surface area contributed by atoms with Crippen molar-refractivity contribution in [3.8, 4) is 0 Å². The summed E-state index contributed by atoms with van der Waals surface area (Å²) in [7, 11) is 0. The summed E-state index contributed by atoms with van der Waals surface area (Å²) in [6, 6.07) is 11.6. The molecule has 0 bridgehead atoms. The molecule has 1 aliphatic rings. The smallest absolute Gasteiger partial charge is 0.255 e. The van der Waals surface area contributed by atoms with Crippen LogP contribution >= 0.6 is 0 Å². The van der Waals surface area contributed by atoms with Crippen molar-refractivity contribution in [2.45, 2.75) is 26.2 Å². The van der Waals surface area contributed by atoms with Gasteiger partial charge in [-0.1, -0.05) is 29.8 Å². The maximum atomic E-state index is 12.4. The first-order valence-corrected chi connectivity index (χ1v) is 9.13. The quantitative estimate of drug-likeness (QED) is 0.901. The summed E-state index contributed by atoms with van der Waals surface area (Å²) in [6.07, 6.45) is 5.52. The second-order valence-corrected chi connectivity index (χ2v) is 6.94. The van der Waals surface area contributed by atoms with Crippen LogP contribution in [0.15, 0.2) is 48.8 Å². The van der Waals surface area contributed by atoms with Crippen LogP contribution in [0, 0.1) is 12.8 Å². The van der Waals surface area contributed by atoms with Crippen molar-refractivity contribution >= 4 is 11.8 Å². The summed E-state index contributed by atoms with van der Waals surface area (Å²) in [5, 5.41) is 3.04. The summed E-state index contributed by atoms with van der Waals surface area (Å²) in [5.41, 5.74) is 2.86. The molecule has 3 rings (SSSR count). The van der Waals surface area contributed by atoms with Gasteiger partial charge in [0.1, 0.15) is 0 Å². The van der Waals surface area contributed by atoms with E-state index >= 15 is 0 Å². The molecule has 0 spiro atoms. The topological polar surface area (TPSA) is 62.3 Å². The zero-order valence-electron chi connectivity index (χ0n) is 15.1. The molecule has 1 aromatic heterocycles. The van der Waals surface area contributed by atoms with Crippen molar-refractivity contribution in [1.82, 2.24) is 15.2 Å². The summed E-state index contributed by atoms with van der Waals surface area (Å²) < 4.78 is 0. The Morgan fingerprint density at radius 2 is 1.88 bits per heavy atom. The molecule has 1 aliphatic heterocycles. The molecule has 0 unspecified atom stereocenters. The highest BCUT2D eigenvalue weighted by Crippen LogP contribution is 2.18. The highest BCUT2D eigenvalue weighted by Gasteiger charge is 2.23. The minimum Gasteiger partial charge on any atom is -0.356 e. The molecular weight excluding hydrogens is 326 g/mol. The molecule has 0 aliphatic carbocycles. The van der Waals surface area contributed by atoms with Crippen LogP contribution < -0.4 is 5.32 Å². The molecule has 2 aromatic rings. The number of benzene rings is 1. The molecule has 26 heavy (non-hydrogen) atoms. The normalized spacial score (nSPS) is 14.9. The number of pyridine rings is 1. The first-order chi connectivity index (χ1) is 12.6. The third-order valence-corrected chi connectivity index (χ3v) is 4.88. The maximum absolute atomic E-state index is 12.4. The third kappa shape index (κ3) is 4.91. The summed E-state index contributed by atoms with van der Waals surface area (Å²) in [6.45, 7) is 4.17. The Kier molecular flexibility index (Phi) is 6.00. The molecule has 2 heterocycles. The zero-order valence-corrected chi connectivity index (χ0v) is 15.1. The van der Waals surface area contributed by atoms with Gasteiger partial charge in [-0.15, -0.1) is 0 Å². The van der Waals surface area contributed by atoms with E-state index in [4.69, 9.17) is 0 Å². The summed E-state index contributed by atoms with van der Waals surface area (Å²) >= 11 is 0. The highest BCUT2D eigenvalue weighted by molar-refractivity contribution is 5.93. The lowest BCUT2D eigenvalue weighted by Gasteiger charge is -2.32. The number of rotatable bonds is 5. The van der Waals surface area contributed by atoms with Crippen molar-refractivity contribution in [3.63, 3.8) is 0 Å². The maximum Gasteiger partial charge on any atom is 0.255 e. The second kappa shape index (κ2) is 8.61. The molecule has 0 atom stereocenters. The number of carbonyl (C=O) groups excluding carboxylic acids is 2. The van der Waals surface area contributed by atoms with Crippen LogP contribution in [0.3, 0.4) is 0 Å². The lowest BCUT2D eigenvalue weighted by Crippen LogP contribution is -2.41. The number of aryl methyl sites for hydroxylation is 1. The van der Waals surface area contributed by atoms with E-state index in [9.17, 15) is 9.59 Å². The van der Waals surface area contributed by atoms with E-state index in [1.54, 1.807) is 24.5 Å². The van der Waals surface area contributed by atoms with Crippen molar-refractivity contribution in [2.75, 3.05) is 19.6 Å². The highest BCUT2D eigenvalue weighted by atomic mass is 16.2. The van der Waals surface area contributed by atoms with Gasteiger partial charge in [0, 0.05) is 32.0 Å². The molecule has 5 nitrogen and oxygen atoms in total. The minimum absolute atomic E-state index is 0.0416. The molecular formula is C21H25N3O2. The van der Waals surface area contributed by atoms with Crippen molar-refractivity contribution < 1.29 is 9.59 Å². The number of carbonyl (C=O) groups is 2. The Balaban J connectivity index is 1.40. The predicted octanol–water partition coefficient (Wildman–Crippen LogP) is 2.60. The number of amides is 2. The SMILES string of the molecule is Cc1ccc(CC(=O)NCC2CCN(C(=O)c3cccnc3)CC2)cc1. The first kappa shape index (κ1) is 18.1. The van der Waals surface area contributed by atoms with Crippen LogP contribution in [0.1, 0.15) is 34.3 Å². The van der Waals surface area contributed by atoms with Gasteiger partial charge in [0.05, 0.1) is 12.0 Å². The standard InChI is InChI=1S/C21H25N3O2/c1-16-4-6-17(7-5-16)13-20(25)23-14-18-8-11-24(12-9-18)21(26)19-3-2-10-22-15-19/h2-7,10,15,18H,8-9,11-14H2,1H3,(H,23,25). The predicted molar refractivity (Wildman–Crippen MR) is 101 cm³/mol. The number of nitrogens with one attached hydrogen (secondary N) is 1. The van der Waals surface area contributed by atoms with Crippen LogP contribution in [-0.2, 0) is 11.2 Å². The Bertz CT molecular complexity index is 736. The van der Waals surface area contributed by atoms with E-state index in [2.05, 4.69) is 10.3 Å². The van der Waals surface area contributed by atoms with Crippen LogP contribution in [0.25, 0.3) is 0 Å². The van der Waals surface area contributed by atoms with E-state index in [0.717, 1.165) is 31.5 Å². The monoisotopic (exact) mass is 351 g/mol. The molecule has 136 valence electrons. The number of piperidine rings is 1. The van der Waals surface area contributed by atoms with E-state index in [0.29, 0.717) is 24.4 Å². The van der Waals surface area contributed by atoms with Crippen LogP contribution in [0.4, 0.5) is 0 Å². The number of hydrogen-bond acceptors (Lipinski definition) is 3. The second-order valence-electron chi connectivity index (χ2n) is 6.94. The van der Waals surface area contributed by atoms with Crippen molar-refractivity contribution in [2.24, 2.45) is 5.92 Å². The minimum atomic E-state index is 0.0416. The number of nitrogens with zero attached hydrogens (tertiary/aromatic N) is 2. The van der Waals surface area contributed by atoms with Gasteiger partial charge in [0.25, 0.3) is 5.91 Å². The number of aromatic nitrogens is 1. The van der Waals surface area contributed by atoms with Gasteiger partial charge in [0.15, 0.2) is 0 Å².